The lowest BCUT2D eigenvalue weighted by atomic mass is 10.1. The van der Waals surface area contributed by atoms with Gasteiger partial charge < -0.3 is 14.4 Å². The highest BCUT2D eigenvalue weighted by Gasteiger charge is 2.44. The molecule has 1 N–H and O–H groups in total. The second kappa shape index (κ2) is 6.20. The summed E-state index contributed by atoms with van der Waals surface area (Å²) in [6.07, 6.45) is 4.73. The number of likely N-dealkylation sites (tertiary alicyclic amines) is 1. The van der Waals surface area contributed by atoms with Crippen molar-refractivity contribution in [2.24, 2.45) is 5.41 Å². The van der Waals surface area contributed by atoms with Crippen molar-refractivity contribution in [3.63, 3.8) is 0 Å². The van der Waals surface area contributed by atoms with E-state index in [9.17, 15) is 8.42 Å². The topological polar surface area (TPSA) is 67.9 Å². The van der Waals surface area contributed by atoms with Gasteiger partial charge >= 0.3 is 0 Å². The molecule has 2 fully saturated rings. The zero-order valence-electron chi connectivity index (χ0n) is 13.8. The number of rotatable bonds is 6. The minimum absolute atomic E-state index is 0.130. The van der Waals surface area contributed by atoms with Gasteiger partial charge in [0.05, 0.1) is 4.90 Å². The first-order valence-electron chi connectivity index (χ1n) is 8.68. The van der Waals surface area contributed by atoms with Crippen LogP contribution in [0.4, 0.5) is 0 Å². The van der Waals surface area contributed by atoms with Crippen molar-refractivity contribution >= 4 is 10.0 Å². The van der Waals surface area contributed by atoms with Gasteiger partial charge in [-0.1, -0.05) is 0 Å². The Kier molecular flexibility index (Phi) is 4.18. The largest absolute Gasteiger partial charge is 0.486 e. The van der Waals surface area contributed by atoms with Crippen LogP contribution < -0.4 is 14.2 Å². The summed E-state index contributed by atoms with van der Waals surface area (Å²) in [5.41, 5.74) is 0.130. The van der Waals surface area contributed by atoms with Crippen LogP contribution in [0.5, 0.6) is 11.5 Å². The molecular weight excluding hydrogens is 328 g/mol. The van der Waals surface area contributed by atoms with Crippen molar-refractivity contribution < 1.29 is 17.9 Å². The van der Waals surface area contributed by atoms with Gasteiger partial charge in [-0.05, 0) is 56.3 Å². The Morgan fingerprint density at radius 2 is 1.79 bits per heavy atom. The maximum Gasteiger partial charge on any atom is 0.240 e. The van der Waals surface area contributed by atoms with E-state index in [1.807, 2.05) is 0 Å². The molecule has 1 aromatic carbocycles. The molecule has 0 radical (unpaired) electrons. The van der Waals surface area contributed by atoms with E-state index in [-0.39, 0.29) is 10.3 Å². The van der Waals surface area contributed by atoms with Crippen LogP contribution in [-0.2, 0) is 10.0 Å². The standard InChI is InChI=1S/C17H24N2O4S/c20-24(21,14-3-4-15-16(11-14)23-10-9-22-15)18-12-17(5-6-17)13-19-7-1-2-8-19/h3-4,11,18H,1-2,5-10,12-13H2. The average molecular weight is 352 g/mol. The number of fused-ring (bicyclic) bond motifs is 1. The molecule has 4 rings (SSSR count). The summed E-state index contributed by atoms with van der Waals surface area (Å²) in [6, 6.07) is 4.80. The van der Waals surface area contributed by atoms with Crippen LogP contribution in [-0.4, -0.2) is 52.7 Å². The molecule has 1 saturated carbocycles. The van der Waals surface area contributed by atoms with Crippen molar-refractivity contribution in [1.82, 2.24) is 9.62 Å². The Bertz CT molecular complexity index is 709. The van der Waals surface area contributed by atoms with Crippen LogP contribution in [0.3, 0.4) is 0 Å². The van der Waals surface area contributed by atoms with E-state index in [1.165, 1.54) is 12.8 Å². The molecule has 0 atom stereocenters. The second-order valence-corrected chi connectivity index (χ2v) is 8.88. The number of ether oxygens (including phenoxy) is 2. The summed E-state index contributed by atoms with van der Waals surface area (Å²) >= 11 is 0. The minimum Gasteiger partial charge on any atom is -0.486 e. The van der Waals surface area contributed by atoms with Gasteiger partial charge in [0.2, 0.25) is 10.0 Å². The van der Waals surface area contributed by atoms with E-state index in [4.69, 9.17) is 9.47 Å². The van der Waals surface area contributed by atoms with Gasteiger partial charge in [-0.2, -0.15) is 0 Å². The van der Waals surface area contributed by atoms with Gasteiger partial charge in [0.1, 0.15) is 13.2 Å². The zero-order valence-corrected chi connectivity index (χ0v) is 14.6. The molecule has 0 unspecified atom stereocenters. The summed E-state index contributed by atoms with van der Waals surface area (Å²) in [6.45, 7) is 4.77. The number of nitrogens with zero attached hydrogens (tertiary/aromatic N) is 1. The molecule has 0 bridgehead atoms. The van der Waals surface area contributed by atoms with Crippen molar-refractivity contribution in [2.75, 3.05) is 39.4 Å². The molecular formula is C17H24N2O4S. The maximum atomic E-state index is 12.6. The van der Waals surface area contributed by atoms with Gasteiger partial charge in [-0.15, -0.1) is 0 Å². The van der Waals surface area contributed by atoms with Gasteiger partial charge in [0.25, 0.3) is 0 Å². The fourth-order valence-electron chi connectivity index (χ4n) is 3.50. The van der Waals surface area contributed by atoms with Crippen molar-refractivity contribution in [3.8, 4) is 11.5 Å². The summed E-state index contributed by atoms with van der Waals surface area (Å²) in [5.74, 6) is 1.11. The molecule has 0 aromatic heterocycles. The molecule has 3 aliphatic rings. The summed E-state index contributed by atoms with van der Waals surface area (Å²) < 4.78 is 39.0. The van der Waals surface area contributed by atoms with E-state index < -0.39 is 10.0 Å². The van der Waals surface area contributed by atoms with Crippen molar-refractivity contribution in [2.45, 2.75) is 30.6 Å². The zero-order chi connectivity index (χ0) is 16.6. The SMILES string of the molecule is O=S(=O)(NCC1(CN2CCCC2)CC1)c1ccc2c(c1)OCCO2. The third-order valence-electron chi connectivity index (χ3n) is 5.18. The number of hydrogen-bond acceptors (Lipinski definition) is 5. The highest BCUT2D eigenvalue weighted by Crippen LogP contribution is 2.46. The van der Waals surface area contributed by atoms with Crippen LogP contribution in [0, 0.1) is 5.41 Å². The Balaban J connectivity index is 1.42. The quantitative estimate of drug-likeness (QED) is 0.842. The Morgan fingerprint density at radius 3 is 2.50 bits per heavy atom. The van der Waals surface area contributed by atoms with Gasteiger partial charge in [0, 0.05) is 19.2 Å². The van der Waals surface area contributed by atoms with Crippen molar-refractivity contribution in [3.05, 3.63) is 18.2 Å². The predicted molar refractivity (Wildman–Crippen MR) is 90.0 cm³/mol. The predicted octanol–water partition coefficient (Wildman–Crippen LogP) is 1.61. The fraction of sp³-hybridized carbons (Fsp3) is 0.647. The first-order valence-corrected chi connectivity index (χ1v) is 10.2. The van der Waals surface area contributed by atoms with Crippen LogP contribution in [0.25, 0.3) is 0 Å². The van der Waals surface area contributed by atoms with E-state index in [0.717, 1.165) is 32.5 Å². The number of benzene rings is 1. The first kappa shape index (κ1) is 16.2. The first-order chi connectivity index (χ1) is 11.6. The van der Waals surface area contributed by atoms with Crippen LogP contribution in [0.2, 0.25) is 0 Å². The van der Waals surface area contributed by atoms with E-state index in [1.54, 1.807) is 18.2 Å². The molecule has 2 aliphatic heterocycles. The highest BCUT2D eigenvalue weighted by atomic mass is 32.2. The molecule has 1 saturated heterocycles. The van der Waals surface area contributed by atoms with E-state index >= 15 is 0 Å². The van der Waals surface area contributed by atoms with E-state index in [2.05, 4.69) is 9.62 Å². The van der Waals surface area contributed by atoms with Gasteiger partial charge in [-0.25, -0.2) is 13.1 Å². The number of nitrogens with one attached hydrogen (secondary N) is 1. The average Bonchev–Trinajstić information content (AvgIpc) is 3.16. The molecule has 24 heavy (non-hydrogen) atoms. The third kappa shape index (κ3) is 3.38. The maximum absolute atomic E-state index is 12.6. The lowest BCUT2D eigenvalue weighted by Crippen LogP contribution is -2.37. The minimum atomic E-state index is -3.52. The Labute approximate surface area is 143 Å². The van der Waals surface area contributed by atoms with Crippen LogP contribution in [0.15, 0.2) is 23.1 Å². The molecule has 0 amide bonds. The van der Waals surface area contributed by atoms with Gasteiger partial charge in [-0.3, -0.25) is 0 Å². The lowest BCUT2D eigenvalue weighted by Gasteiger charge is -2.23. The molecule has 0 spiro atoms. The lowest BCUT2D eigenvalue weighted by molar-refractivity contribution is 0.171. The van der Waals surface area contributed by atoms with E-state index in [0.29, 0.717) is 31.3 Å². The highest BCUT2D eigenvalue weighted by molar-refractivity contribution is 7.89. The third-order valence-corrected chi connectivity index (χ3v) is 6.57. The summed E-state index contributed by atoms with van der Waals surface area (Å²) in [7, 11) is -3.52. The van der Waals surface area contributed by atoms with Crippen molar-refractivity contribution in [1.29, 1.82) is 0 Å². The molecule has 6 nitrogen and oxygen atoms in total. The molecule has 2 heterocycles. The fourth-order valence-corrected chi connectivity index (χ4v) is 4.68. The van der Waals surface area contributed by atoms with Crippen LogP contribution in [0.1, 0.15) is 25.7 Å². The normalized spacial score (nSPS) is 22.5. The Morgan fingerprint density at radius 1 is 1.08 bits per heavy atom. The molecule has 1 aliphatic carbocycles. The van der Waals surface area contributed by atoms with Crippen LogP contribution >= 0.6 is 0 Å². The van der Waals surface area contributed by atoms with Gasteiger partial charge in [0.15, 0.2) is 11.5 Å². The summed E-state index contributed by atoms with van der Waals surface area (Å²) in [5, 5.41) is 0. The smallest absolute Gasteiger partial charge is 0.240 e. The molecule has 1 aromatic rings. The number of hydrogen-bond donors (Lipinski definition) is 1. The summed E-state index contributed by atoms with van der Waals surface area (Å²) in [4.78, 5) is 2.70. The molecule has 132 valence electrons. The number of sulfonamides is 1. The molecule has 7 heteroatoms. The Hall–Kier alpha value is -1.31. The monoisotopic (exact) mass is 352 g/mol. The second-order valence-electron chi connectivity index (χ2n) is 7.11.